The maximum absolute atomic E-state index is 10.6. The van der Waals surface area contributed by atoms with Crippen molar-refractivity contribution in [1.29, 1.82) is 0 Å². The molecule has 32 heavy (non-hydrogen) atoms. The molecule has 3 aromatic rings. The normalized spacial score (nSPS) is 17.8. The van der Waals surface area contributed by atoms with E-state index in [2.05, 4.69) is 42.1 Å². The van der Waals surface area contributed by atoms with Gasteiger partial charge in [-0.3, -0.25) is 0 Å². The molecule has 0 spiro atoms. The number of nitrogens with one attached hydrogen (secondary N) is 2. The minimum absolute atomic E-state index is 0.146. The quantitative estimate of drug-likeness (QED) is 0.331. The van der Waals surface area contributed by atoms with Crippen molar-refractivity contribution in [1.82, 2.24) is 25.4 Å². The average Bonchev–Trinajstić information content (AvgIpc) is 3.26. The van der Waals surface area contributed by atoms with Crippen LogP contribution in [0, 0.1) is 0 Å². The Hall–Kier alpha value is -3.11. The van der Waals surface area contributed by atoms with Crippen molar-refractivity contribution in [2.24, 2.45) is 0 Å². The molecule has 0 aliphatic heterocycles. The summed E-state index contributed by atoms with van der Waals surface area (Å²) in [4.78, 5) is 4.04. The lowest BCUT2D eigenvalue weighted by Crippen LogP contribution is -2.25. The van der Waals surface area contributed by atoms with Crippen molar-refractivity contribution in [2.75, 3.05) is 17.7 Å². The number of ether oxygens (including phenoxy) is 1. The predicted molar refractivity (Wildman–Crippen MR) is 124 cm³/mol. The number of methoxy groups -OCH3 is 1. The van der Waals surface area contributed by atoms with Crippen LogP contribution in [0.25, 0.3) is 0 Å². The summed E-state index contributed by atoms with van der Waals surface area (Å²) in [6, 6.07) is 7.97. The molecular formula is C22H27N7O2S. The molecule has 0 radical (unpaired) electrons. The van der Waals surface area contributed by atoms with Crippen LogP contribution in [0.2, 0.25) is 0 Å². The molecule has 1 unspecified atom stereocenters. The van der Waals surface area contributed by atoms with Gasteiger partial charge in [-0.1, -0.05) is 42.0 Å². The highest BCUT2D eigenvalue weighted by atomic mass is 32.1. The Balaban J connectivity index is 1.31. The second-order valence-corrected chi connectivity index (χ2v) is 8.81. The van der Waals surface area contributed by atoms with E-state index in [-0.39, 0.29) is 12.0 Å². The third-order valence-corrected chi connectivity index (χ3v) is 6.30. The molecule has 168 valence electrons. The first-order valence-electron chi connectivity index (χ1n) is 10.6. The van der Waals surface area contributed by atoms with Gasteiger partial charge in [0.15, 0.2) is 0 Å². The van der Waals surface area contributed by atoms with Gasteiger partial charge in [-0.2, -0.15) is 5.10 Å². The summed E-state index contributed by atoms with van der Waals surface area (Å²) in [6.45, 7) is 1.95. The highest BCUT2D eigenvalue weighted by Gasteiger charge is 2.20. The number of rotatable bonds is 9. The first-order chi connectivity index (χ1) is 15.6. The largest absolute Gasteiger partial charge is 0.497 e. The minimum Gasteiger partial charge on any atom is -0.497 e. The first kappa shape index (κ1) is 22.1. The Morgan fingerprint density at radius 1 is 1.25 bits per heavy atom. The molecule has 0 saturated heterocycles. The van der Waals surface area contributed by atoms with E-state index in [1.165, 1.54) is 23.2 Å². The van der Waals surface area contributed by atoms with Crippen molar-refractivity contribution in [3.05, 3.63) is 59.7 Å². The number of aliphatic hydroxyl groups excluding tert-OH is 1. The maximum Gasteiger partial charge on any atom is 0.209 e. The molecule has 0 bridgehead atoms. The Kier molecular flexibility index (Phi) is 7.23. The monoisotopic (exact) mass is 453 g/mol. The van der Waals surface area contributed by atoms with Gasteiger partial charge in [-0.25, -0.2) is 4.98 Å². The van der Waals surface area contributed by atoms with Gasteiger partial charge in [0.2, 0.25) is 10.3 Å². The lowest BCUT2D eigenvalue weighted by atomic mass is 9.92. The lowest BCUT2D eigenvalue weighted by Gasteiger charge is -2.23. The van der Waals surface area contributed by atoms with E-state index < -0.39 is 6.23 Å². The Labute approximate surface area is 191 Å². The van der Waals surface area contributed by atoms with Crippen LogP contribution in [0.3, 0.4) is 0 Å². The van der Waals surface area contributed by atoms with Gasteiger partial charge in [-0.05, 0) is 37.0 Å². The van der Waals surface area contributed by atoms with Crippen LogP contribution in [0.4, 0.5) is 10.3 Å². The zero-order valence-corrected chi connectivity index (χ0v) is 18.9. The SMILES string of the molecule is COc1cccc([C@@H](C)C(O)Nc2nnc(N[C@@H]3CCC=C(Cc4cncnn4)C3)s2)c1. The van der Waals surface area contributed by atoms with Gasteiger partial charge in [0.05, 0.1) is 19.0 Å². The fraction of sp³-hybridized carbons (Fsp3) is 0.409. The van der Waals surface area contributed by atoms with Crippen LogP contribution in [0.1, 0.15) is 43.4 Å². The minimum atomic E-state index is -0.798. The maximum atomic E-state index is 10.6. The molecule has 1 aromatic carbocycles. The number of anilines is 2. The number of hydrogen-bond donors (Lipinski definition) is 3. The fourth-order valence-electron chi connectivity index (χ4n) is 3.72. The average molecular weight is 454 g/mol. The summed E-state index contributed by atoms with van der Waals surface area (Å²) in [5.74, 6) is 0.618. The topological polar surface area (TPSA) is 118 Å². The molecule has 4 rings (SSSR count). The summed E-state index contributed by atoms with van der Waals surface area (Å²) >= 11 is 1.40. The molecule has 0 saturated carbocycles. The van der Waals surface area contributed by atoms with E-state index in [9.17, 15) is 5.11 Å². The lowest BCUT2D eigenvalue weighted by molar-refractivity contribution is 0.177. The third-order valence-electron chi connectivity index (χ3n) is 5.51. The van der Waals surface area contributed by atoms with Crippen molar-refractivity contribution in [2.45, 2.75) is 50.8 Å². The van der Waals surface area contributed by atoms with Crippen molar-refractivity contribution in [3.8, 4) is 5.75 Å². The number of allylic oxidation sites excluding steroid dienone is 1. The van der Waals surface area contributed by atoms with Crippen molar-refractivity contribution < 1.29 is 9.84 Å². The Bertz CT molecular complexity index is 1040. The van der Waals surface area contributed by atoms with E-state index in [0.717, 1.165) is 47.8 Å². The highest BCUT2D eigenvalue weighted by Crippen LogP contribution is 2.29. The number of benzene rings is 1. The molecule has 1 aliphatic carbocycles. The molecule has 2 aromatic heterocycles. The van der Waals surface area contributed by atoms with Crippen LogP contribution in [-0.4, -0.2) is 49.9 Å². The van der Waals surface area contributed by atoms with E-state index in [0.29, 0.717) is 5.13 Å². The van der Waals surface area contributed by atoms with Crippen molar-refractivity contribution >= 4 is 21.6 Å². The molecule has 3 N–H and O–H groups in total. The molecule has 9 nitrogen and oxygen atoms in total. The Morgan fingerprint density at radius 3 is 2.94 bits per heavy atom. The van der Waals surface area contributed by atoms with Gasteiger partial charge >= 0.3 is 0 Å². The molecule has 10 heteroatoms. The van der Waals surface area contributed by atoms with Gasteiger partial charge < -0.3 is 20.5 Å². The molecule has 0 fully saturated rings. The van der Waals surface area contributed by atoms with E-state index in [1.807, 2.05) is 31.2 Å². The third kappa shape index (κ3) is 5.77. The molecule has 0 amide bonds. The van der Waals surface area contributed by atoms with E-state index in [1.54, 1.807) is 13.3 Å². The van der Waals surface area contributed by atoms with Crippen molar-refractivity contribution in [3.63, 3.8) is 0 Å². The zero-order chi connectivity index (χ0) is 22.3. The van der Waals surface area contributed by atoms with Gasteiger partial charge in [-0.15, -0.1) is 15.3 Å². The number of aromatic nitrogens is 5. The second-order valence-electron chi connectivity index (χ2n) is 7.83. The van der Waals surface area contributed by atoms with Crippen LogP contribution in [0.5, 0.6) is 5.75 Å². The van der Waals surface area contributed by atoms with Gasteiger partial charge in [0.25, 0.3) is 0 Å². The van der Waals surface area contributed by atoms with Gasteiger partial charge in [0.1, 0.15) is 18.3 Å². The van der Waals surface area contributed by atoms with E-state index in [4.69, 9.17) is 4.74 Å². The number of hydrogen-bond acceptors (Lipinski definition) is 10. The summed E-state index contributed by atoms with van der Waals surface area (Å²) in [6.07, 6.45) is 8.37. The first-order valence-corrected chi connectivity index (χ1v) is 11.4. The zero-order valence-electron chi connectivity index (χ0n) is 18.1. The van der Waals surface area contributed by atoms with Crippen LogP contribution in [0.15, 0.2) is 48.4 Å². The molecule has 3 atom stereocenters. The van der Waals surface area contributed by atoms with Crippen LogP contribution >= 0.6 is 11.3 Å². The number of nitrogens with zero attached hydrogens (tertiary/aromatic N) is 5. The van der Waals surface area contributed by atoms with Crippen LogP contribution < -0.4 is 15.4 Å². The summed E-state index contributed by atoms with van der Waals surface area (Å²) in [5.41, 5.74) is 3.18. The molecule has 1 aliphatic rings. The summed E-state index contributed by atoms with van der Waals surface area (Å²) < 4.78 is 5.28. The fourth-order valence-corrected chi connectivity index (χ4v) is 4.47. The highest BCUT2D eigenvalue weighted by molar-refractivity contribution is 7.19. The molecular weight excluding hydrogens is 426 g/mol. The molecule has 2 heterocycles. The summed E-state index contributed by atoms with van der Waals surface area (Å²) in [5, 5.41) is 34.9. The standard InChI is InChI=1S/C22H27N7O2S/c1-14(16-6-4-8-19(11-16)31-2)20(30)26-22-29-28-21(32-22)25-17-7-3-5-15(9-17)10-18-12-23-13-24-27-18/h4-6,8,11-14,17,20,30H,3,7,9-10H2,1-2H3,(H,25,28)(H,26,29)/t14-,17-,20?/m1/s1. The number of aliphatic hydroxyl groups is 1. The summed E-state index contributed by atoms with van der Waals surface area (Å²) in [7, 11) is 1.63. The van der Waals surface area contributed by atoms with E-state index >= 15 is 0 Å². The van der Waals surface area contributed by atoms with Crippen LogP contribution in [-0.2, 0) is 6.42 Å². The Morgan fingerprint density at radius 2 is 2.12 bits per heavy atom. The second kappa shape index (κ2) is 10.5. The predicted octanol–water partition coefficient (Wildman–Crippen LogP) is 3.40. The van der Waals surface area contributed by atoms with Gasteiger partial charge in [0, 0.05) is 18.4 Å². The smallest absolute Gasteiger partial charge is 0.209 e.